The number of alkyl halides is 2. The lowest BCUT2D eigenvalue weighted by atomic mass is 10.1. The number of hydrogen-bond acceptors (Lipinski definition) is 3. The lowest BCUT2D eigenvalue weighted by Gasteiger charge is -2.11. The second kappa shape index (κ2) is 4.32. The molecule has 0 aromatic carbocycles. The zero-order chi connectivity index (χ0) is 10.7. The van der Waals surface area contributed by atoms with Gasteiger partial charge in [0.15, 0.2) is 0 Å². The molecule has 1 rings (SSSR count). The van der Waals surface area contributed by atoms with Gasteiger partial charge >= 0.3 is 0 Å². The maximum atomic E-state index is 12.6. The van der Waals surface area contributed by atoms with Gasteiger partial charge in [-0.25, -0.2) is 13.8 Å². The number of nitrogens with zero attached hydrogens (tertiary/aromatic N) is 1. The van der Waals surface area contributed by atoms with Gasteiger partial charge in [0.25, 0.3) is 6.43 Å². The molecule has 0 bridgehead atoms. The van der Waals surface area contributed by atoms with Gasteiger partial charge in [-0.3, -0.25) is 0 Å². The average molecular weight is 202 g/mol. The van der Waals surface area contributed by atoms with Crippen molar-refractivity contribution in [2.75, 3.05) is 7.11 Å². The van der Waals surface area contributed by atoms with Crippen LogP contribution in [-0.2, 0) is 6.54 Å². The summed E-state index contributed by atoms with van der Waals surface area (Å²) in [6.45, 7) is 1.57. The second-order valence-corrected chi connectivity index (χ2v) is 2.85. The summed E-state index contributed by atoms with van der Waals surface area (Å²) >= 11 is 0. The lowest BCUT2D eigenvalue weighted by molar-refractivity contribution is 0.148. The molecule has 1 aromatic rings. The Morgan fingerprint density at radius 3 is 2.64 bits per heavy atom. The van der Waals surface area contributed by atoms with Crippen LogP contribution in [0.15, 0.2) is 6.07 Å². The summed E-state index contributed by atoms with van der Waals surface area (Å²) in [6, 6.07) is 1.47. The van der Waals surface area contributed by atoms with Gasteiger partial charge < -0.3 is 10.5 Å². The first-order chi connectivity index (χ1) is 6.60. The van der Waals surface area contributed by atoms with Gasteiger partial charge in [0.2, 0.25) is 5.88 Å². The number of rotatable bonds is 3. The minimum absolute atomic E-state index is 0.0162. The van der Waals surface area contributed by atoms with E-state index in [2.05, 4.69) is 4.98 Å². The fourth-order valence-electron chi connectivity index (χ4n) is 1.27. The molecule has 5 heteroatoms. The van der Waals surface area contributed by atoms with Crippen LogP contribution in [0.5, 0.6) is 5.88 Å². The summed E-state index contributed by atoms with van der Waals surface area (Å²) in [6.07, 6.45) is -2.55. The summed E-state index contributed by atoms with van der Waals surface area (Å²) in [4.78, 5) is 3.86. The number of halogens is 2. The van der Waals surface area contributed by atoms with Crippen LogP contribution in [0.25, 0.3) is 0 Å². The maximum absolute atomic E-state index is 12.6. The third-order valence-corrected chi connectivity index (χ3v) is 1.94. The molecule has 2 N–H and O–H groups in total. The third kappa shape index (κ3) is 1.98. The zero-order valence-corrected chi connectivity index (χ0v) is 8.05. The number of nitrogens with two attached hydrogens (primary N) is 1. The molecule has 0 saturated carbocycles. The molecule has 1 aromatic heterocycles. The highest BCUT2D eigenvalue weighted by Gasteiger charge is 2.17. The van der Waals surface area contributed by atoms with Crippen molar-refractivity contribution in [2.24, 2.45) is 5.73 Å². The fourth-order valence-corrected chi connectivity index (χ4v) is 1.27. The molecule has 1 heterocycles. The summed E-state index contributed by atoms with van der Waals surface area (Å²) in [5.41, 5.74) is 5.88. The Kier molecular flexibility index (Phi) is 3.35. The van der Waals surface area contributed by atoms with Crippen molar-refractivity contribution in [1.29, 1.82) is 0 Å². The number of aromatic nitrogens is 1. The van der Waals surface area contributed by atoms with E-state index < -0.39 is 6.43 Å². The molecule has 0 aliphatic carbocycles. The predicted molar refractivity (Wildman–Crippen MR) is 48.4 cm³/mol. The van der Waals surface area contributed by atoms with Gasteiger partial charge in [-0.15, -0.1) is 0 Å². The van der Waals surface area contributed by atoms with Crippen LogP contribution in [0.2, 0.25) is 0 Å². The fraction of sp³-hybridized carbons (Fsp3) is 0.444. The highest BCUT2D eigenvalue weighted by atomic mass is 19.3. The standard InChI is InChI=1S/C9H12F2N2O/c1-5-3-7(14-2)13-6(4-12)8(5)9(10)11/h3,9H,4,12H2,1-2H3. The van der Waals surface area contributed by atoms with Crippen LogP contribution >= 0.6 is 0 Å². The first-order valence-electron chi connectivity index (χ1n) is 4.12. The van der Waals surface area contributed by atoms with Crippen LogP contribution in [0.3, 0.4) is 0 Å². The van der Waals surface area contributed by atoms with Crippen molar-refractivity contribution in [2.45, 2.75) is 19.9 Å². The molecule has 78 valence electrons. The molecule has 0 saturated heterocycles. The second-order valence-electron chi connectivity index (χ2n) is 2.85. The van der Waals surface area contributed by atoms with Crippen molar-refractivity contribution < 1.29 is 13.5 Å². The van der Waals surface area contributed by atoms with Gasteiger partial charge in [-0.2, -0.15) is 0 Å². The Labute approximate surface area is 80.9 Å². The topological polar surface area (TPSA) is 48.1 Å². The molecule has 0 atom stereocenters. The normalized spacial score (nSPS) is 10.7. The van der Waals surface area contributed by atoms with Gasteiger partial charge in [-0.1, -0.05) is 0 Å². The van der Waals surface area contributed by atoms with Crippen molar-refractivity contribution in [3.05, 3.63) is 22.9 Å². The number of pyridine rings is 1. The number of ether oxygens (including phenoxy) is 1. The maximum Gasteiger partial charge on any atom is 0.265 e. The first-order valence-corrected chi connectivity index (χ1v) is 4.12. The van der Waals surface area contributed by atoms with Crippen molar-refractivity contribution in [3.63, 3.8) is 0 Å². The average Bonchev–Trinajstić information content (AvgIpc) is 2.15. The van der Waals surface area contributed by atoms with Crippen LogP contribution < -0.4 is 10.5 Å². The molecule has 14 heavy (non-hydrogen) atoms. The summed E-state index contributed by atoms with van der Waals surface area (Å²) in [7, 11) is 1.43. The molecule has 0 spiro atoms. The highest BCUT2D eigenvalue weighted by Crippen LogP contribution is 2.27. The van der Waals surface area contributed by atoms with Crippen LogP contribution in [0, 0.1) is 6.92 Å². The van der Waals surface area contributed by atoms with Crippen molar-refractivity contribution in [3.8, 4) is 5.88 Å². The SMILES string of the molecule is COc1cc(C)c(C(F)F)c(CN)n1. The molecule has 3 nitrogen and oxygen atoms in total. The monoisotopic (exact) mass is 202 g/mol. The number of methoxy groups -OCH3 is 1. The smallest absolute Gasteiger partial charge is 0.265 e. The zero-order valence-electron chi connectivity index (χ0n) is 8.05. The minimum atomic E-state index is -2.55. The van der Waals surface area contributed by atoms with E-state index in [0.29, 0.717) is 11.4 Å². The Hall–Kier alpha value is -1.23. The molecule has 0 unspecified atom stereocenters. The Morgan fingerprint density at radius 1 is 1.57 bits per heavy atom. The van der Waals surface area contributed by atoms with Crippen molar-refractivity contribution >= 4 is 0 Å². The Bertz CT molecular complexity index is 329. The van der Waals surface area contributed by atoms with E-state index in [1.165, 1.54) is 13.2 Å². The van der Waals surface area contributed by atoms with E-state index in [1.54, 1.807) is 6.92 Å². The summed E-state index contributed by atoms with van der Waals surface area (Å²) < 4.78 is 30.0. The van der Waals surface area contributed by atoms with E-state index in [4.69, 9.17) is 10.5 Å². The third-order valence-electron chi connectivity index (χ3n) is 1.94. The van der Waals surface area contributed by atoms with Crippen molar-refractivity contribution in [1.82, 2.24) is 4.98 Å². The van der Waals surface area contributed by atoms with Crippen LogP contribution in [0.1, 0.15) is 23.2 Å². The summed E-state index contributed by atoms with van der Waals surface area (Å²) in [5, 5.41) is 0. The van der Waals surface area contributed by atoms with E-state index >= 15 is 0 Å². The van der Waals surface area contributed by atoms with Gasteiger partial charge in [0.1, 0.15) is 0 Å². The molecule has 0 amide bonds. The first kappa shape index (κ1) is 10.8. The lowest BCUT2D eigenvalue weighted by Crippen LogP contribution is -2.08. The molecule has 0 aliphatic heterocycles. The molecular formula is C9H12F2N2O. The number of aryl methyl sites for hydroxylation is 1. The quantitative estimate of drug-likeness (QED) is 0.812. The largest absolute Gasteiger partial charge is 0.481 e. The molecular weight excluding hydrogens is 190 g/mol. The van der Waals surface area contributed by atoms with Gasteiger partial charge in [0, 0.05) is 18.2 Å². The van der Waals surface area contributed by atoms with E-state index in [1.807, 2.05) is 0 Å². The van der Waals surface area contributed by atoms with Gasteiger partial charge in [0.05, 0.1) is 12.8 Å². The number of hydrogen-bond donors (Lipinski definition) is 1. The van der Waals surface area contributed by atoms with Crippen LogP contribution in [-0.4, -0.2) is 12.1 Å². The van der Waals surface area contributed by atoms with E-state index in [9.17, 15) is 8.78 Å². The summed E-state index contributed by atoms with van der Waals surface area (Å²) in [5.74, 6) is 0.312. The molecule has 0 fully saturated rings. The van der Waals surface area contributed by atoms with E-state index in [-0.39, 0.29) is 17.8 Å². The Morgan fingerprint density at radius 2 is 2.21 bits per heavy atom. The minimum Gasteiger partial charge on any atom is -0.481 e. The molecule has 0 aliphatic rings. The highest BCUT2D eigenvalue weighted by molar-refractivity contribution is 5.35. The van der Waals surface area contributed by atoms with Crippen LogP contribution in [0.4, 0.5) is 8.78 Å². The molecule has 0 radical (unpaired) electrons. The van der Waals surface area contributed by atoms with Gasteiger partial charge in [-0.05, 0) is 12.5 Å². The Balaban J connectivity index is 3.27. The van der Waals surface area contributed by atoms with E-state index in [0.717, 1.165) is 0 Å². The predicted octanol–water partition coefficient (Wildman–Crippen LogP) is 1.79.